The first-order valence-electron chi connectivity index (χ1n) is 8.52. The van der Waals surface area contributed by atoms with Crippen LogP contribution in [0.15, 0.2) is 70.7 Å². The Morgan fingerprint density at radius 2 is 1.96 bits per heavy atom. The zero-order valence-corrected chi connectivity index (χ0v) is 15.2. The number of amides is 1. The van der Waals surface area contributed by atoms with E-state index in [0.717, 1.165) is 32.9 Å². The van der Waals surface area contributed by atoms with Gasteiger partial charge in [-0.05, 0) is 30.5 Å². The highest BCUT2D eigenvalue weighted by Crippen LogP contribution is 2.28. The van der Waals surface area contributed by atoms with Crippen LogP contribution in [0.3, 0.4) is 0 Å². The van der Waals surface area contributed by atoms with Crippen LogP contribution in [0, 0.1) is 0 Å². The minimum absolute atomic E-state index is 0.0418. The molecule has 4 nitrogen and oxygen atoms in total. The van der Waals surface area contributed by atoms with Gasteiger partial charge in [0.05, 0.1) is 24.1 Å². The molecule has 0 radical (unpaired) electrons. The summed E-state index contributed by atoms with van der Waals surface area (Å²) in [6.07, 6.45) is 1.90. The number of anilines is 1. The average molecular weight is 362 g/mol. The van der Waals surface area contributed by atoms with E-state index in [2.05, 4.69) is 23.2 Å². The maximum Gasteiger partial charge on any atom is 0.233 e. The summed E-state index contributed by atoms with van der Waals surface area (Å²) < 4.78 is 5.38. The van der Waals surface area contributed by atoms with Gasteiger partial charge in [-0.15, -0.1) is 11.3 Å². The molecule has 0 fully saturated rings. The van der Waals surface area contributed by atoms with Crippen molar-refractivity contribution in [3.8, 4) is 10.8 Å². The Hall–Kier alpha value is -2.92. The van der Waals surface area contributed by atoms with Gasteiger partial charge in [0, 0.05) is 17.3 Å². The molecular formula is C21H18N2O2S. The molecule has 0 spiro atoms. The molecule has 0 bridgehead atoms. The molecule has 4 rings (SSSR count). The van der Waals surface area contributed by atoms with Gasteiger partial charge < -0.3 is 9.32 Å². The van der Waals surface area contributed by atoms with Crippen molar-refractivity contribution in [2.24, 2.45) is 0 Å². The highest BCUT2D eigenvalue weighted by Gasteiger charge is 2.18. The molecule has 1 amide bonds. The molecule has 2 heterocycles. The van der Waals surface area contributed by atoms with Crippen LogP contribution < -0.4 is 4.90 Å². The Labute approximate surface area is 155 Å². The zero-order chi connectivity index (χ0) is 17.9. The number of likely N-dealkylation sites (N-methyl/N-ethyl adjacent to an activating group) is 1. The van der Waals surface area contributed by atoms with E-state index in [-0.39, 0.29) is 12.3 Å². The van der Waals surface area contributed by atoms with E-state index in [4.69, 9.17) is 4.42 Å². The molecule has 0 N–H and O–H groups in total. The van der Waals surface area contributed by atoms with Crippen molar-refractivity contribution in [3.05, 3.63) is 71.9 Å². The zero-order valence-electron chi connectivity index (χ0n) is 14.4. The minimum Gasteiger partial charge on any atom is -0.462 e. The summed E-state index contributed by atoms with van der Waals surface area (Å²) in [7, 11) is 0. The smallest absolute Gasteiger partial charge is 0.233 e. The Bertz CT molecular complexity index is 1030. The number of nitrogens with zero attached hydrogens (tertiary/aromatic N) is 2. The quantitative estimate of drug-likeness (QED) is 0.493. The van der Waals surface area contributed by atoms with Crippen molar-refractivity contribution in [2.75, 3.05) is 11.4 Å². The molecule has 0 aliphatic heterocycles. The lowest BCUT2D eigenvalue weighted by Crippen LogP contribution is -2.32. The first kappa shape index (κ1) is 16.5. The largest absolute Gasteiger partial charge is 0.462 e. The molecule has 26 heavy (non-hydrogen) atoms. The van der Waals surface area contributed by atoms with E-state index in [9.17, 15) is 4.79 Å². The third-order valence-corrected chi connectivity index (χ3v) is 5.20. The van der Waals surface area contributed by atoms with Crippen LogP contribution in [0.1, 0.15) is 12.6 Å². The fourth-order valence-electron chi connectivity index (χ4n) is 3.08. The van der Waals surface area contributed by atoms with Gasteiger partial charge in [0.15, 0.2) is 10.8 Å². The maximum atomic E-state index is 13.0. The number of thiazole rings is 1. The molecule has 0 saturated heterocycles. The van der Waals surface area contributed by atoms with Gasteiger partial charge in [0.1, 0.15) is 0 Å². The van der Waals surface area contributed by atoms with Gasteiger partial charge in [-0.1, -0.05) is 36.4 Å². The predicted molar refractivity (Wildman–Crippen MR) is 105 cm³/mol. The molecule has 0 aliphatic carbocycles. The Morgan fingerprint density at radius 1 is 1.12 bits per heavy atom. The monoisotopic (exact) mass is 362 g/mol. The van der Waals surface area contributed by atoms with Crippen molar-refractivity contribution in [3.63, 3.8) is 0 Å². The summed E-state index contributed by atoms with van der Waals surface area (Å²) in [6, 6.07) is 17.9. The second-order valence-corrected chi connectivity index (χ2v) is 6.79. The molecule has 2 aromatic carbocycles. The number of aromatic nitrogens is 1. The Kier molecular flexibility index (Phi) is 4.54. The summed E-state index contributed by atoms with van der Waals surface area (Å²) in [6.45, 7) is 2.61. The van der Waals surface area contributed by atoms with Crippen molar-refractivity contribution >= 4 is 33.7 Å². The van der Waals surface area contributed by atoms with Gasteiger partial charge in [-0.25, -0.2) is 4.98 Å². The lowest BCUT2D eigenvalue weighted by molar-refractivity contribution is -0.118. The summed E-state index contributed by atoms with van der Waals surface area (Å²) in [4.78, 5) is 19.3. The molecule has 5 heteroatoms. The van der Waals surface area contributed by atoms with Crippen molar-refractivity contribution in [2.45, 2.75) is 13.3 Å². The number of carbonyl (C=O) groups is 1. The number of fused-ring (bicyclic) bond motifs is 1. The number of benzene rings is 2. The fourth-order valence-corrected chi connectivity index (χ4v) is 3.86. The standard InChI is InChI=1S/C21H18N2O2S/c1-2-23(18-10-5-8-15-7-3-4-9-17(15)18)20(24)13-16-14-26-21(22-16)19-11-6-12-25-19/h3-12,14H,2,13H2,1H3. The third kappa shape index (κ3) is 3.13. The minimum atomic E-state index is 0.0418. The van der Waals surface area contributed by atoms with E-state index in [0.29, 0.717) is 6.54 Å². The van der Waals surface area contributed by atoms with E-state index >= 15 is 0 Å². The molecule has 0 aliphatic rings. The summed E-state index contributed by atoms with van der Waals surface area (Å²) >= 11 is 1.49. The predicted octanol–water partition coefficient (Wildman–Crippen LogP) is 5.15. The molecule has 2 aromatic heterocycles. The van der Waals surface area contributed by atoms with Gasteiger partial charge >= 0.3 is 0 Å². The van der Waals surface area contributed by atoms with Crippen LogP contribution in [-0.2, 0) is 11.2 Å². The SMILES string of the molecule is CCN(C(=O)Cc1csc(-c2ccco2)n1)c1cccc2ccccc12. The lowest BCUT2D eigenvalue weighted by atomic mass is 10.1. The van der Waals surface area contributed by atoms with E-state index in [1.807, 2.05) is 53.6 Å². The number of rotatable bonds is 5. The molecular weight excluding hydrogens is 344 g/mol. The van der Waals surface area contributed by atoms with E-state index in [1.165, 1.54) is 11.3 Å². The van der Waals surface area contributed by atoms with Gasteiger partial charge in [0.25, 0.3) is 0 Å². The maximum absolute atomic E-state index is 13.0. The highest BCUT2D eigenvalue weighted by molar-refractivity contribution is 7.13. The number of hydrogen-bond donors (Lipinski definition) is 0. The van der Waals surface area contributed by atoms with Crippen LogP contribution in [0.25, 0.3) is 21.5 Å². The molecule has 0 unspecified atom stereocenters. The number of hydrogen-bond acceptors (Lipinski definition) is 4. The normalized spacial score (nSPS) is 11.0. The Morgan fingerprint density at radius 3 is 2.77 bits per heavy atom. The summed E-state index contributed by atoms with van der Waals surface area (Å²) in [5.41, 5.74) is 1.71. The van der Waals surface area contributed by atoms with Crippen LogP contribution in [0.5, 0.6) is 0 Å². The van der Waals surface area contributed by atoms with Crippen molar-refractivity contribution in [1.29, 1.82) is 0 Å². The van der Waals surface area contributed by atoms with Gasteiger partial charge in [0.2, 0.25) is 5.91 Å². The lowest BCUT2D eigenvalue weighted by Gasteiger charge is -2.22. The van der Waals surface area contributed by atoms with E-state index in [1.54, 1.807) is 6.26 Å². The number of furan rings is 1. The second-order valence-electron chi connectivity index (χ2n) is 5.93. The van der Waals surface area contributed by atoms with Gasteiger partial charge in [-0.3, -0.25) is 4.79 Å². The number of carbonyl (C=O) groups excluding carboxylic acids is 1. The first-order chi connectivity index (χ1) is 12.8. The van der Waals surface area contributed by atoms with Crippen LogP contribution in [0.4, 0.5) is 5.69 Å². The molecule has 4 aromatic rings. The molecule has 0 saturated carbocycles. The highest BCUT2D eigenvalue weighted by atomic mass is 32.1. The second kappa shape index (κ2) is 7.14. The topological polar surface area (TPSA) is 46.3 Å². The van der Waals surface area contributed by atoms with Crippen molar-refractivity contribution < 1.29 is 9.21 Å². The summed E-state index contributed by atoms with van der Waals surface area (Å²) in [5, 5.41) is 4.93. The molecule has 0 atom stereocenters. The van der Waals surface area contributed by atoms with Gasteiger partial charge in [-0.2, -0.15) is 0 Å². The van der Waals surface area contributed by atoms with Crippen molar-refractivity contribution in [1.82, 2.24) is 4.98 Å². The third-order valence-electron chi connectivity index (χ3n) is 4.29. The summed E-state index contributed by atoms with van der Waals surface area (Å²) in [5.74, 6) is 0.773. The Balaban J connectivity index is 1.60. The molecule has 130 valence electrons. The average Bonchev–Trinajstić information content (AvgIpc) is 3.34. The van der Waals surface area contributed by atoms with Crippen LogP contribution in [-0.4, -0.2) is 17.4 Å². The van der Waals surface area contributed by atoms with E-state index < -0.39 is 0 Å². The fraction of sp³-hybridized carbons (Fsp3) is 0.143. The first-order valence-corrected chi connectivity index (χ1v) is 9.40. The van der Waals surface area contributed by atoms with Crippen LogP contribution >= 0.6 is 11.3 Å². The van der Waals surface area contributed by atoms with Crippen LogP contribution in [0.2, 0.25) is 0 Å².